The number of rotatable bonds is 3. The molecule has 0 amide bonds. The highest BCUT2D eigenvalue weighted by atomic mass is 16.5. The van der Waals surface area contributed by atoms with E-state index in [-0.39, 0.29) is 13.4 Å². The summed E-state index contributed by atoms with van der Waals surface area (Å²) in [6.45, 7) is 0.786. The van der Waals surface area contributed by atoms with Crippen molar-refractivity contribution >= 4 is 118 Å². The molecule has 5 aliphatic heterocycles. The summed E-state index contributed by atoms with van der Waals surface area (Å²) in [4.78, 5) is 5.08. The van der Waals surface area contributed by atoms with Gasteiger partial charge in [-0.05, 0) is 106 Å². The molecule has 7 heterocycles. The van der Waals surface area contributed by atoms with Gasteiger partial charge in [-0.25, -0.2) is 0 Å². The minimum Gasteiger partial charge on any atom is -0.458 e. The smallest absolute Gasteiger partial charge is 0.256 e. The fourth-order valence-corrected chi connectivity index (χ4v) is 13.6. The second kappa shape index (κ2) is 13.9. The van der Waals surface area contributed by atoms with Gasteiger partial charge in [0.15, 0.2) is 0 Å². The largest absolute Gasteiger partial charge is 0.458 e. The lowest BCUT2D eigenvalue weighted by Gasteiger charge is -2.46. The molecular formula is C63H40B2N4O2. The molecule has 0 saturated carbocycles. The Morgan fingerprint density at radius 3 is 1.56 bits per heavy atom. The van der Waals surface area contributed by atoms with Crippen LogP contribution in [0.15, 0.2) is 206 Å². The zero-order chi connectivity index (χ0) is 46.1. The lowest BCUT2D eigenvalue weighted by molar-refractivity contribution is 0.478. The van der Waals surface area contributed by atoms with Crippen LogP contribution < -0.4 is 52.1 Å². The molecule has 8 heteroatoms. The van der Waals surface area contributed by atoms with Crippen molar-refractivity contribution in [1.29, 1.82) is 0 Å². The molecule has 71 heavy (non-hydrogen) atoms. The molecule has 17 rings (SSSR count). The fourth-order valence-electron chi connectivity index (χ4n) is 13.6. The zero-order valence-electron chi connectivity index (χ0n) is 38.5. The van der Waals surface area contributed by atoms with Crippen molar-refractivity contribution in [2.45, 2.75) is 12.8 Å². The van der Waals surface area contributed by atoms with Crippen molar-refractivity contribution in [1.82, 2.24) is 9.13 Å². The van der Waals surface area contributed by atoms with Gasteiger partial charge in [0, 0.05) is 74.2 Å². The summed E-state index contributed by atoms with van der Waals surface area (Å²) in [5.41, 5.74) is 21.6. The Labute approximate surface area is 410 Å². The van der Waals surface area contributed by atoms with Gasteiger partial charge in [-0.1, -0.05) is 133 Å². The number of para-hydroxylation sites is 7. The van der Waals surface area contributed by atoms with Gasteiger partial charge in [-0.2, -0.15) is 0 Å². The zero-order valence-corrected chi connectivity index (χ0v) is 38.5. The third-order valence-electron chi connectivity index (χ3n) is 16.3. The first-order valence-electron chi connectivity index (χ1n) is 24.9. The molecule has 0 fully saturated rings. The molecule has 330 valence electrons. The van der Waals surface area contributed by atoms with Gasteiger partial charge in [0.1, 0.15) is 23.0 Å². The van der Waals surface area contributed by atoms with E-state index in [1.165, 1.54) is 99.0 Å². The lowest BCUT2D eigenvalue weighted by Crippen LogP contribution is -2.64. The molecule has 0 atom stereocenters. The highest BCUT2D eigenvalue weighted by molar-refractivity contribution is 7.02. The van der Waals surface area contributed by atoms with E-state index < -0.39 is 0 Å². The first kappa shape index (κ1) is 38.0. The van der Waals surface area contributed by atoms with E-state index in [2.05, 4.69) is 225 Å². The Morgan fingerprint density at radius 1 is 0.380 bits per heavy atom. The van der Waals surface area contributed by atoms with Gasteiger partial charge < -0.3 is 28.4 Å². The first-order chi connectivity index (χ1) is 35.2. The Morgan fingerprint density at radius 2 is 0.901 bits per heavy atom. The molecule has 5 aliphatic rings. The molecule has 0 saturated heterocycles. The SMILES string of the molecule is c1ccc(N2c3ccccc3B3c4cc5c6c(c4Oc4cc(-n7c8ccccc8c8ccccc87)cc2c43)CCCN6c2cc(-n3c4ccccc4c4ccccc43)cc3c2B5c2ccccc2O3)cc1. The molecule has 0 spiro atoms. The average Bonchev–Trinajstić information content (AvgIpc) is 3.95. The van der Waals surface area contributed by atoms with Crippen LogP contribution in [0.4, 0.5) is 28.4 Å². The number of hydrogen-bond acceptors (Lipinski definition) is 4. The van der Waals surface area contributed by atoms with Crippen molar-refractivity contribution in [2.75, 3.05) is 16.3 Å². The fraction of sp³-hybridized carbons (Fsp3) is 0.0476. The van der Waals surface area contributed by atoms with Gasteiger partial charge in [0.25, 0.3) is 13.4 Å². The van der Waals surface area contributed by atoms with Gasteiger partial charge >= 0.3 is 0 Å². The molecule has 0 N–H and O–H groups in total. The summed E-state index contributed by atoms with van der Waals surface area (Å²) in [5.74, 6) is 3.74. The maximum atomic E-state index is 7.70. The maximum Gasteiger partial charge on any atom is 0.256 e. The highest BCUT2D eigenvalue weighted by Crippen LogP contribution is 2.49. The Balaban J connectivity index is 0.940. The van der Waals surface area contributed by atoms with E-state index in [4.69, 9.17) is 9.47 Å². The third-order valence-corrected chi connectivity index (χ3v) is 16.3. The van der Waals surface area contributed by atoms with Crippen LogP contribution >= 0.6 is 0 Å². The monoisotopic (exact) mass is 906 g/mol. The predicted molar refractivity (Wildman–Crippen MR) is 294 cm³/mol. The van der Waals surface area contributed by atoms with Crippen molar-refractivity contribution in [3.8, 4) is 34.4 Å². The highest BCUT2D eigenvalue weighted by Gasteiger charge is 2.49. The molecule has 10 aromatic carbocycles. The van der Waals surface area contributed by atoms with Crippen LogP contribution in [0.2, 0.25) is 0 Å². The summed E-state index contributed by atoms with van der Waals surface area (Å²) in [7, 11) is 0. The summed E-state index contributed by atoms with van der Waals surface area (Å²) >= 11 is 0. The van der Waals surface area contributed by atoms with Crippen molar-refractivity contribution in [3.63, 3.8) is 0 Å². The first-order valence-corrected chi connectivity index (χ1v) is 24.9. The number of nitrogens with zero attached hydrogens (tertiary/aromatic N) is 4. The third kappa shape index (κ3) is 4.98. The van der Waals surface area contributed by atoms with Gasteiger partial charge in [0.05, 0.1) is 33.4 Å². The van der Waals surface area contributed by atoms with Gasteiger partial charge in [-0.15, -0.1) is 0 Å². The van der Waals surface area contributed by atoms with Crippen molar-refractivity contribution in [2.24, 2.45) is 0 Å². The quantitative estimate of drug-likeness (QED) is 0.166. The molecule has 6 nitrogen and oxygen atoms in total. The summed E-state index contributed by atoms with van der Waals surface area (Å²) < 4.78 is 19.7. The normalized spacial score (nSPS) is 14.4. The lowest BCUT2D eigenvalue weighted by atomic mass is 9.30. The predicted octanol–water partition coefficient (Wildman–Crippen LogP) is 11.3. The van der Waals surface area contributed by atoms with E-state index in [1.807, 2.05) is 0 Å². The number of benzene rings is 10. The molecule has 0 aliphatic carbocycles. The second-order valence-electron chi connectivity index (χ2n) is 19.8. The van der Waals surface area contributed by atoms with Crippen molar-refractivity contribution < 1.29 is 9.47 Å². The van der Waals surface area contributed by atoms with Crippen LogP contribution in [0, 0.1) is 0 Å². The summed E-state index contributed by atoms with van der Waals surface area (Å²) in [6.07, 6.45) is 1.91. The molecule has 2 aromatic heterocycles. The molecular weight excluding hydrogens is 866 g/mol. The van der Waals surface area contributed by atoms with Crippen LogP contribution in [-0.4, -0.2) is 29.1 Å². The van der Waals surface area contributed by atoms with E-state index in [1.54, 1.807) is 0 Å². The number of hydrogen-bond donors (Lipinski definition) is 0. The maximum absolute atomic E-state index is 7.70. The van der Waals surface area contributed by atoms with E-state index in [9.17, 15) is 0 Å². The Bertz CT molecular complexity index is 4220. The van der Waals surface area contributed by atoms with Gasteiger partial charge in [-0.3, -0.25) is 0 Å². The van der Waals surface area contributed by atoms with E-state index >= 15 is 0 Å². The van der Waals surface area contributed by atoms with Crippen LogP contribution in [0.1, 0.15) is 12.0 Å². The standard InChI is InChI=1S/C63H40B2N4O2/c1-2-17-38(18-3-1)67-54-30-14-8-24-46(54)64-49-37-48-62-45(63(49)71-59-36-40(34-56(67)61(59)64)69-52-28-12-6-21-43(52)44-22-7-13-29-53(44)69)23-16-32-66(62)55-33-39(35-58-60(55)65(48)47-25-9-15-31-57(47)70-58)68-50-26-10-4-19-41(50)42-20-5-11-27-51(42)68/h1-15,17-22,24-31,33-37H,16,23,32H2. The van der Waals surface area contributed by atoms with Crippen molar-refractivity contribution in [3.05, 3.63) is 212 Å². The minimum absolute atomic E-state index is 0.0382. The number of fused-ring (bicyclic) bond motifs is 15. The molecule has 0 bridgehead atoms. The van der Waals surface area contributed by atoms with E-state index in [0.717, 1.165) is 65.1 Å². The number of anilines is 5. The van der Waals surface area contributed by atoms with Gasteiger partial charge in [0.2, 0.25) is 0 Å². The number of aromatic nitrogens is 2. The Kier molecular flexibility index (Phi) is 7.44. The van der Waals surface area contributed by atoms with Crippen LogP contribution in [-0.2, 0) is 6.42 Å². The molecule has 12 aromatic rings. The summed E-state index contributed by atoms with van der Waals surface area (Å²) in [5, 5.41) is 4.96. The Hall–Kier alpha value is -8.87. The average molecular weight is 907 g/mol. The van der Waals surface area contributed by atoms with Crippen LogP contribution in [0.5, 0.6) is 23.0 Å². The molecule has 0 unspecified atom stereocenters. The van der Waals surface area contributed by atoms with Crippen LogP contribution in [0.3, 0.4) is 0 Å². The second-order valence-corrected chi connectivity index (χ2v) is 19.8. The minimum atomic E-state index is -0.0716. The molecule has 0 radical (unpaired) electrons. The van der Waals surface area contributed by atoms with Crippen LogP contribution in [0.25, 0.3) is 55.0 Å². The number of ether oxygens (including phenoxy) is 2. The topological polar surface area (TPSA) is 34.8 Å². The summed E-state index contributed by atoms with van der Waals surface area (Å²) in [6, 6.07) is 75.8. The van der Waals surface area contributed by atoms with E-state index in [0.29, 0.717) is 0 Å².